The molecular formula is C24H20FNO3. The maximum absolute atomic E-state index is 13.7. The van der Waals surface area contributed by atoms with Gasteiger partial charge in [-0.1, -0.05) is 54.6 Å². The third-order valence-electron chi connectivity index (χ3n) is 4.89. The molecule has 0 saturated heterocycles. The van der Waals surface area contributed by atoms with E-state index < -0.39 is 17.8 Å². The number of aromatic hydroxyl groups is 2. The molecule has 0 spiro atoms. The number of hydrogen-bond donors (Lipinski definition) is 4. The van der Waals surface area contributed by atoms with Crippen molar-refractivity contribution in [3.63, 3.8) is 0 Å². The van der Waals surface area contributed by atoms with Crippen molar-refractivity contribution < 1.29 is 19.7 Å². The van der Waals surface area contributed by atoms with Gasteiger partial charge in [0.2, 0.25) is 0 Å². The quantitative estimate of drug-likeness (QED) is 0.285. The largest absolute Gasteiger partial charge is 0.506 e. The summed E-state index contributed by atoms with van der Waals surface area (Å²) in [5, 5.41) is 35.2. The van der Waals surface area contributed by atoms with Crippen LogP contribution in [0.4, 0.5) is 10.1 Å². The van der Waals surface area contributed by atoms with Crippen LogP contribution in [0.1, 0.15) is 5.56 Å². The fourth-order valence-electron chi connectivity index (χ4n) is 3.43. The van der Waals surface area contributed by atoms with Crippen LogP contribution in [-0.4, -0.2) is 21.5 Å². The van der Waals surface area contributed by atoms with Crippen LogP contribution in [0, 0.1) is 5.82 Å². The number of aliphatic hydroxyl groups excluding tert-OH is 1. The summed E-state index contributed by atoms with van der Waals surface area (Å²) >= 11 is 0. The van der Waals surface area contributed by atoms with E-state index >= 15 is 0 Å². The van der Waals surface area contributed by atoms with Crippen LogP contribution in [0.15, 0.2) is 78.9 Å². The van der Waals surface area contributed by atoms with E-state index in [0.717, 1.165) is 16.3 Å². The molecule has 0 radical (unpaired) electrons. The number of phenols is 2. The highest BCUT2D eigenvalue weighted by Gasteiger charge is 2.12. The SMILES string of the molecule is Oc1ccc(-c2ccc(O)c(NC(O)Cc3cccc4ccccc34)c2)cc1F. The Kier molecular flexibility index (Phi) is 5.06. The minimum absolute atomic E-state index is 0.0232. The summed E-state index contributed by atoms with van der Waals surface area (Å²) in [6.07, 6.45) is -0.586. The first-order valence-corrected chi connectivity index (χ1v) is 9.24. The molecule has 0 aliphatic carbocycles. The van der Waals surface area contributed by atoms with Crippen molar-refractivity contribution in [3.05, 3.63) is 90.2 Å². The second-order valence-corrected chi connectivity index (χ2v) is 6.90. The Labute approximate surface area is 167 Å². The average Bonchev–Trinajstić information content (AvgIpc) is 2.72. The van der Waals surface area contributed by atoms with Crippen molar-refractivity contribution in [2.75, 3.05) is 5.32 Å². The molecule has 4 N–H and O–H groups in total. The Balaban J connectivity index is 1.57. The lowest BCUT2D eigenvalue weighted by Crippen LogP contribution is -2.21. The molecule has 1 unspecified atom stereocenters. The number of benzene rings is 4. The van der Waals surface area contributed by atoms with Crippen molar-refractivity contribution in [1.29, 1.82) is 0 Å². The minimum atomic E-state index is -0.932. The first-order chi connectivity index (χ1) is 14.0. The molecule has 4 aromatic rings. The van der Waals surface area contributed by atoms with Crippen molar-refractivity contribution in [3.8, 4) is 22.6 Å². The second-order valence-electron chi connectivity index (χ2n) is 6.90. The van der Waals surface area contributed by atoms with E-state index in [2.05, 4.69) is 5.32 Å². The van der Waals surface area contributed by atoms with E-state index in [1.807, 2.05) is 42.5 Å². The lowest BCUT2D eigenvalue weighted by Gasteiger charge is -2.17. The Hall–Kier alpha value is -3.57. The summed E-state index contributed by atoms with van der Waals surface area (Å²) in [6.45, 7) is 0. The number of anilines is 1. The third-order valence-corrected chi connectivity index (χ3v) is 4.89. The van der Waals surface area contributed by atoms with Gasteiger partial charge in [-0.25, -0.2) is 4.39 Å². The van der Waals surface area contributed by atoms with Crippen molar-refractivity contribution in [2.45, 2.75) is 12.6 Å². The fourth-order valence-corrected chi connectivity index (χ4v) is 3.43. The Morgan fingerprint density at radius 3 is 2.28 bits per heavy atom. The standard InChI is InChI=1S/C24H20FNO3/c25-20-12-16(8-10-22(20)27)17-9-11-23(28)21(13-17)26-24(29)14-18-6-3-5-15-4-1-2-7-19(15)18/h1-13,24,26-29H,14H2. The zero-order valence-corrected chi connectivity index (χ0v) is 15.5. The summed E-state index contributed by atoms with van der Waals surface area (Å²) in [4.78, 5) is 0. The molecule has 146 valence electrons. The van der Waals surface area contributed by atoms with E-state index in [4.69, 9.17) is 0 Å². The molecule has 4 nitrogen and oxygen atoms in total. The Bertz CT molecular complexity index is 1170. The minimum Gasteiger partial charge on any atom is -0.506 e. The predicted octanol–water partition coefficient (Wildman–Crippen LogP) is 5.03. The first-order valence-electron chi connectivity index (χ1n) is 9.24. The molecule has 5 heteroatoms. The van der Waals surface area contributed by atoms with Crippen molar-refractivity contribution >= 4 is 16.5 Å². The van der Waals surface area contributed by atoms with Gasteiger partial charge in [0.15, 0.2) is 11.6 Å². The number of phenolic OH excluding ortho intramolecular Hbond substituents is 2. The van der Waals surface area contributed by atoms with Crippen LogP contribution >= 0.6 is 0 Å². The van der Waals surface area contributed by atoms with Crippen LogP contribution in [0.25, 0.3) is 21.9 Å². The van der Waals surface area contributed by atoms with Crippen LogP contribution < -0.4 is 5.32 Å². The molecule has 0 aliphatic heterocycles. The van der Waals surface area contributed by atoms with Gasteiger partial charge in [-0.05, 0) is 51.7 Å². The lowest BCUT2D eigenvalue weighted by atomic mass is 10.0. The van der Waals surface area contributed by atoms with Gasteiger partial charge in [0.25, 0.3) is 0 Å². The number of rotatable bonds is 5. The van der Waals surface area contributed by atoms with Gasteiger partial charge < -0.3 is 20.6 Å². The number of halogens is 1. The smallest absolute Gasteiger partial charge is 0.165 e. The van der Waals surface area contributed by atoms with Crippen molar-refractivity contribution in [1.82, 2.24) is 0 Å². The second kappa shape index (κ2) is 7.81. The first kappa shape index (κ1) is 18.8. The monoisotopic (exact) mass is 389 g/mol. The number of hydrogen-bond acceptors (Lipinski definition) is 4. The highest BCUT2D eigenvalue weighted by atomic mass is 19.1. The van der Waals surface area contributed by atoms with Crippen LogP contribution in [0.3, 0.4) is 0 Å². The maximum atomic E-state index is 13.7. The summed E-state index contributed by atoms with van der Waals surface area (Å²) in [7, 11) is 0. The maximum Gasteiger partial charge on any atom is 0.165 e. The lowest BCUT2D eigenvalue weighted by molar-refractivity contribution is 0.204. The zero-order chi connectivity index (χ0) is 20.4. The van der Waals surface area contributed by atoms with Gasteiger partial charge in [0.05, 0.1) is 5.69 Å². The average molecular weight is 389 g/mol. The zero-order valence-electron chi connectivity index (χ0n) is 15.5. The predicted molar refractivity (Wildman–Crippen MR) is 112 cm³/mol. The molecule has 0 aromatic heterocycles. The number of fused-ring (bicyclic) bond motifs is 1. The third kappa shape index (κ3) is 4.00. The number of nitrogens with one attached hydrogen (secondary N) is 1. The molecular weight excluding hydrogens is 369 g/mol. The molecule has 4 rings (SSSR count). The molecule has 1 atom stereocenters. The van der Waals surface area contributed by atoms with Crippen LogP contribution in [0.5, 0.6) is 11.5 Å². The molecule has 29 heavy (non-hydrogen) atoms. The molecule has 0 aliphatic rings. The van der Waals surface area contributed by atoms with E-state index in [1.165, 1.54) is 18.2 Å². The van der Waals surface area contributed by atoms with Gasteiger partial charge in [0.1, 0.15) is 12.0 Å². The number of aliphatic hydroxyl groups is 1. The van der Waals surface area contributed by atoms with E-state index in [-0.39, 0.29) is 5.75 Å². The summed E-state index contributed by atoms with van der Waals surface area (Å²) in [5.74, 6) is -1.16. The molecule has 4 aromatic carbocycles. The molecule has 0 bridgehead atoms. The van der Waals surface area contributed by atoms with E-state index in [1.54, 1.807) is 18.2 Å². The van der Waals surface area contributed by atoms with Gasteiger partial charge in [-0.2, -0.15) is 0 Å². The summed E-state index contributed by atoms with van der Waals surface area (Å²) < 4.78 is 13.7. The van der Waals surface area contributed by atoms with Gasteiger partial charge in [-0.15, -0.1) is 0 Å². The highest BCUT2D eigenvalue weighted by Crippen LogP contribution is 2.32. The topological polar surface area (TPSA) is 72.7 Å². The van der Waals surface area contributed by atoms with E-state index in [9.17, 15) is 19.7 Å². The Morgan fingerprint density at radius 1 is 0.793 bits per heavy atom. The van der Waals surface area contributed by atoms with Gasteiger partial charge >= 0.3 is 0 Å². The van der Waals surface area contributed by atoms with Crippen LogP contribution in [-0.2, 0) is 6.42 Å². The molecule has 0 saturated carbocycles. The molecule has 0 amide bonds. The van der Waals surface area contributed by atoms with Crippen molar-refractivity contribution in [2.24, 2.45) is 0 Å². The normalized spacial score (nSPS) is 12.1. The molecule has 0 fully saturated rings. The van der Waals surface area contributed by atoms with Gasteiger partial charge in [-0.3, -0.25) is 0 Å². The molecule has 0 heterocycles. The van der Waals surface area contributed by atoms with Crippen LogP contribution in [0.2, 0.25) is 0 Å². The fraction of sp³-hybridized carbons (Fsp3) is 0.0833. The van der Waals surface area contributed by atoms with Gasteiger partial charge in [0, 0.05) is 6.42 Å². The summed E-state index contributed by atoms with van der Waals surface area (Å²) in [5.41, 5.74) is 2.51. The Morgan fingerprint density at radius 2 is 1.48 bits per heavy atom. The summed E-state index contributed by atoms with van der Waals surface area (Å²) in [6, 6.07) is 22.7. The highest BCUT2D eigenvalue weighted by molar-refractivity contribution is 5.85. The van der Waals surface area contributed by atoms with E-state index in [0.29, 0.717) is 23.2 Å².